The molecule has 1 aliphatic heterocycles. The summed E-state index contributed by atoms with van der Waals surface area (Å²) in [6.07, 6.45) is 0. The van der Waals surface area contributed by atoms with Crippen molar-refractivity contribution in [3.05, 3.63) is 30.3 Å². The zero-order valence-electron chi connectivity index (χ0n) is 10.6. The predicted octanol–water partition coefficient (Wildman–Crippen LogP) is 0.344. The van der Waals surface area contributed by atoms with Gasteiger partial charge in [0.25, 0.3) is 5.91 Å². The fourth-order valence-electron chi connectivity index (χ4n) is 1.79. The zero-order chi connectivity index (χ0) is 12.8. The maximum absolute atomic E-state index is 11.7. The zero-order valence-corrected chi connectivity index (χ0v) is 10.6. The molecule has 5 heteroatoms. The fourth-order valence-corrected chi connectivity index (χ4v) is 1.79. The van der Waals surface area contributed by atoms with E-state index in [1.807, 2.05) is 35.3 Å². The van der Waals surface area contributed by atoms with Gasteiger partial charge in [-0.3, -0.25) is 10.2 Å². The highest BCUT2D eigenvalue weighted by molar-refractivity contribution is 5.77. The Hall–Kier alpha value is -1.59. The van der Waals surface area contributed by atoms with Crippen molar-refractivity contribution in [1.82, 2.24) is 15.3 Å². The van der Waals surface area contributed by atoms with Crippen LogP contribution in [0.25, 0.3) is 0 Å². The van der Waals surface area contributed by atoms with Crippen molar-refractivity contribution in [3.63, 3.8) is 0 Å². The van der Waals surface area contributed by atoms with E-state index in [-0.39, 0.29) is 12.5 Å². The number of benzene rings is 1. The smallest absolute Gasteiger partial charge is 0.272 e. The molecule has 0 aliphatic carbocycles. The van der Waals surface area contributed by atoms with Gasteiger partial charge in [0, 0.05) is 26.2 Å². The Kier molecular flexibility index (Phi) is 4.55. The number of rotatable bonds is 4. The Morgan fingerprint density at radius 1 is 1.22 bits per heavy atom. The summed E-state index contributed by atoms with van der Waals surface area (Å²) in [6, 6.07) is 9.35. The predicted molar refractivity (Wildman–Crippen MR) is 69.1 cm³/mol. The lowest BCUT2D eigenvalue weighted by molar-refractivity contribution is -0.128. The molecule has 98 valence electrons. The average molecular weight is 249 g/mol. The number of carbonyl (C=O) groups is 1. The molecule has 1 aromatic carbocycles. The molecule has 0 unspecified atom stereocenters. The summed E-state index contributed by atoms with van der Waals surface area (Å²) in [6.45, 7) is 3.71. The first-order valence-electron chi connectivity index (χ1n) is 6.15. The van der Waals surface area contributed by atoms with Crippen LogP contribution in [0.1, 0.15) is 0 Å². The lowest BCUT2D eigenvalue weighted by Crippen LogP contribution is -2.53. The summed E-state index contributed by atoms with van der Waals surface area (Å²) in [7, 11) is 2.08. The van der Waals surface area contributed by atoms with E-state index >= 15 is 0 Å². The number of carbonyl (C=O) groups excluding carboxylic acids is 1. The minimum Gasteiger partial charge on any atom is -0.484 e. The van der Waals surface area contributed by atoms with Crippen molar-refractivity contribution in [2.45, 2.75) is 0 Å². The third kappa shape index (κ3) is 4.01. The van der Waals surface area contributed by atoms with E-state index in [0.29, 0.717) is 5.75 Å². The molecule has 0 spiro atoms. The van der Waals surface area contributed by atoms with E-state index in [9.17, 15) is 4.79 Å². The molecule has 1 aliphatic rings. The molecule has 1 aromatic rings. The third-order valence-corrected chi connectivity index (χ3v) is 2.90. The summed E-state index contributed by atoms with van der Waals surface area (Å²) in [5.74, 6) is 0.606. The highest BCUT2D eigenvalue weighted by Gasteiger charge is 2.15. The van der Waals surface area contributed by atoms with E-state index in [0.717, 1.165) is 26.2 Å². The molecule has 0 atom stereocenters. The minimum atomic E-state index is -0.108. The second-order valence-corrected chi connectivity index (χ2v) is 4.43. The molecule has 0 bridgehead atoms. The number of hydrogen-bond acceptors (Lipinski definition) is 4. The third-order valence-electron chi connectivity index (χ3n) is 2.90. The molecule has 0 aromatic heterocycles. The first kappa shape index (κ1) is 12.9. The van der Waals surface area contributed by atoms with Crippen LogP contribution >= 0.6 is 0 Å². The van der Waals surface area contributed by atoms with Crippen LogP contribution in [-0.2, 0) is 4.79 Å². The number of para-hydroxylation sites is 1. The first-order valence-corrected chi connectivity index (χ1v) is 6.15. The van der Waals surface area contributed by atoms with E-state index in [2.05, 4.69) is 17.4 Å². The second kappa shape index (κ2) is 6.37. The lowest BCUT2D eigenvalue weighted by Gasteiger charge is -2.32. The van der Waals surface area contributed by atoms with E-state index in [1.165, 1.54) is 0 Å². The van der Waals surface area contributed by atoms with Gasteiger partial charge in [0.05, 0.1) is 0 Å². The van der Waals surface area contributed by atoms with Gasteiger partial charge in [0.15, 0.2) is 6.61 Å². The molecule has 1 heterocycles. The Morgan fingerprint density at radius 3 is 2.56 bits per heavy atom. The topological polar surface area (TPSA) is 44.8 Å². The standard InChI is InChI=1S/C13H19N3O2/c1-15-7-9-16(10-8-15)14-13(17)11-18-12-5-3-2-4-6-12/h2-6H,7-11H2,1H3,(H,14,17). The lowest BCUT2D eigenvalue weighted by atomic mass is 10.3. The molecule has 18 heavy (non-hydrogen) atoms. The van der Waals surface area contributed by atoms with Gasteiger partial charge in [-0.25, -0.2) is 5.01 Å². The number of hydrogen-bond donors (Lipinski definition) is 1. The Labute approximate surface area is 107 Å². The second-order valence-electron chi connectivity index (χ2n) is 4.43. The van der Waals surface area contributed by atoms with Gasteiger partial charge in [0.1, 0.15) is 5.75 Å². The number of hydrazine groups is 1. The fraction of sp³-hybridized carbons (Fsp3) is 0.462. The number of piperazine rings is 1. The summed E-state index contributed by atoms with van der Waals surface area (Å²) in [5, 5.41) is 1.94. The number of nitrogens with one attached hydrogen (secondary N) is 1. The van der Waals surface area contributed by atoms with Gasteiger partial charge in [-0.05, 0) is 19.2 Å². The maximum atomic E-state index is 11.7. The summed E-state index contributed by atoms with van der Waals surface area (Å²) in [5.41, 5.74) is 2.85. The number of nitrogens with zero attached hydrogens (tertiary/aromatic N) is 2. The largest absolute Gasteiger partial charge is 0.484 e. The quantitative estimate of drug-likeness (QED) is 0.836. The molecule has 1 fully saturated rings. The van der Waals surface area contributed by atoms with Gasteiger partial charge in [-0.2, -0.15) is 0 Å². The van der Waals surface area contributed by atoms with Crippen LogP contribution in [0.5, 0.6) is 5.75 Å². The van der Waals surface area contributed by atoms with Crippen molar-refractivity contribution in [2.24, 2.45) is 0 Å². The van der Waals surface area contributed by atoms with E-state index in [1.54, 1.807) is 0 Å². The monoisotopic (exact) mass is 249 g/mol. The number of amides is 1. The van der Waals surface area contributed by atoms with Crippen molar-refractivity contribution in [2.75, 3.05) is 39.8 Å². The van der Waals surface area contributed by atoms with Crippen LogP contribution in [-0.4, -0.2) is 55.6 Å². The first-order chi connectivity index (χ1) is 8.74. The number of ether oxygens (including phenoxy) is 1. The molecule has 2 rings (SSSR count). The van der Waals surface area contributed by atoms with Crippen LogP contribution in [0, 0.1) is 0 Å². The minimum absolute atomic E-state index is 0.0519. The highest BCUT2D eigenvalue weighted by atomic mass is 16.5. The summed E-state index contributed by atoms with van der Waals surface area (Å²) < 4.78 is 5.38. The molecule has 5 nitrogen and oxygen atoms in total. The van der Waals surface area contributed by atoms with Crippen LogP contribution < -0.4 is 10.2 Å². The number of likely N-dealkylation sites (N-methyl/N-ethyl adjacent to an activating group) is 1. The maximum Gasteiger partial charge on any atom is 0.272 e. The van der Waals surface area contributed by atoms with Crippen LogP contribution in [0.2, 0.25) is 0 Å². The van der Waals surface area contributed by atoms with Crippen molar-refractivity contribution in [1.29, 1.82) is 0 Å². The Morgan fingerprint density at radius 2 is 1.89 bits per heavy atom. The molecular weight excluding hydrogens is 230 g/mol. The van der Waals surface area contributed by atoms with Gasteiger partial charge in [0.2, 0.25) is 0 Å². The van der Waals surface area contributed by atoms with Crippen molar-refractivity contribution < 1.29 is 9.53 Å². The molecule has 0 saturated carbocycles. The van der Waals surface area contributed by atoms with Gasteiger partial charge in [-0.15, -0.1) is 0 Å². The van der Waals surface area contributed by atoms with Crippen molar-refractivity contribution >= 4 is 5.91 Å². The molecular formula is C13H19N3O2. The molecule has 1 N–H and O–H groups in total. The van der Waals surface area contributed by atoms with Crippen LogP contribution in [0.3, 0.4) is 0 Å². The van der Waals surface area contributed by atoms with Crippen molar-refractivity contribution in [3.8, 4) is 5.75 Å². The van der Waals surface area contributed by atoms with Crippen LogP contribution in [0.4, 0.5) is 0 Å². The summed E-state index contributed by atoms with van der Waals surface area (Å²) >= 11 is 0. The average Bonchev–Trinajstić information content (AvgIpc) is 2.40. The van der Waals surface area contributed by atoms with Crippen LogP contribution in [0.15, 0.2) is 30.3 Å². The normalized spacial score (nSPS) is 17.4. The van der Waals surface area contributed by atoms with Gasteiger partial charge < -0.3 is 9.64 Å². The SMILES string of the molecule is CN1CCN(NC(=O)COc2ccccc2)CC1. The molecule has 1 amide bonds. The van der Waals surface area contributed by atoms with E-state index < -0.39 is 0 Å². The van der Waals surface area contributed by atoms with E-state index in [4.69, 9.17) is 4.74 Å². The Balaban J connectivity index is 1.69. The van der Waals surface area contributed by atoms with Gasteiger partial charge >= 0.3 is 0 Å². The highest BCUT2D eigenvalue weighted by Crippen LogP contribution is 2.07. The molecule has 0 radical (unpaired) electrons. The summed E-state index contributed by atoms with van der Waals surface area (Å²) in [4.78, 5) is 13.9. The molecule has 1 saturated heterocycles. The van der Waals surface area contributed by atoms with Gasteiger partial charge in [-0.1, -0.05) is 18.2 Å². The Bertz CT molecular complexity index is 375.